The Morgan fingerprint density at radius 1 is 1.56 bits per heavy atom. The topological polar surface area (TPSA) is 102 Å². The van der Waals surface area contributed by atoms with Crippen LogP contribution in [0.4, 0.5) is 4.79 Å². The van der Waals surface area contributed by atoms with E-state index in [9.17, 15) is 9.59 Å². The second-order valence-corrected chi connectivity index (χ2v) is 3.29. The van der Waals surface area contributed by atoms with Gasteiger partial charge >= 0.3 is 6.03 Å². The second kappa shape index (κ2) is 5.86. The van der Waals surface area contributed by atoms with Crippen molar-refractivity contribution in [3.63, 3.8) is 0 Å². The van der Waals surface area contributed by atoms with Gasteiger partial charge < -0.3 is 15.6 Å². The zero-order valence-electron chi connectivity index (χ0n) is 9.06. The number of aromatic nitrogens is 2. The predicted octanol–water partition coefficient (Wildman–Crippen LogP) is -1.25. The highest BCUT2D eigenvalue weighted by atomic mass is 16.2. The fourth-order valence-electron chi connectivity index (χ4n) is 1.22. The van der Waals surface area contributed by atoms with Gasteiger partial charge in [0.2, 0.25) is 5.91 Å². The van der Waals surface area contributed by atoms with Crippen LogP contribution in [0.1, 0.15) is 5.82 Å². The molecule has 0 aliphatic heterocycles. The lowest BCUT2D eigenvalue weighted by Gasteiger charge is -2.04. The van der Waals surface area contributed by atoms with E-state index in [0.29, 0.717) is 13.0 Å². The third-order valence-corrected chi connectivity index (χ3v) is 1.99. The van der Waals surface area contributed by atoms with Crippen molar-refractivity contribution in [1.29, 1.82) is 0 Å². The van der Waals surface area contributed by atoms with Crippen molar-refractivity contribution in [2.75, 3.05) is 13.1 Å². The van der Waals surface area contributed by atoms with Gasteiger partial charge in [-0.1, -0.05) is 0 Å². The number of aryl methyl sites for hydroxylation is 1. The van der Waals surface area contributed by atoms with Crippen molar-refractivity contribution in [3.8, 4) is 0 Å². The van der Waals surface area contributed by atoms with E-state index in [1.165, 1.54) is 0 Å². The van der Waals surface area contributed by atoms with Crippen LogP contribution in [-0.4, -0.2) is 34.6 Å². The molecule has 3 amide bonds. The number of imide groups is 1. The molecule has 1 aromatic rings. The first-order valence-electron chi connectivity index (χ1n) is 4.86. The Hall–Kier alpha value is -1.89. The monoisotopic (exact) mass is 225 g/mol. The van der Waals surface area contributed by atoms with Crippen molar-refractivity contribution < 1.29 is 9.59 Å². The summed E-state index contributed by atoms with van der Waals surface area (Å²) >= 11 is 0. The Kier molecular flexibility index (Phi) is 4.46. The fraction of sp³-hybridized carbons (Fsp3) is 0.444. The molecule has 0 saturated heterocycles. The van der Waals surface area contributed by atoms with Gasteiger partial charge in [0.05, 0.1) is 6.54 Å². The lowest BCUT2D eigenvalue weighted by Crippen LogP contribution is -2.41. The number of amides is 3. The second-order valence-electron chi connectivity index (χ2n) is 3.29. The van der Waals surface area contributed by atoms with E-state index in [-0.39, 0.29) is 6.54 Å². The maximum absolute atomic E-state index is 11.0. The van der Waals surface area contributed by atoms with Crippen LogP contribution in [0.25, 0.3) is 0 Å². The third-order valence-electron chi connectivity index (χ3n) is 1.99. The zero-order chi connectivity index (χ0) is 12.0. The lowest BCUT2D eigenvalue weighted by molar-refractivity contribution is -0.119. The van der Waals surface area contributed by atoms with Gasteiger partial charge in [0.25, 0.3) is 0 Å². The normalized spacial score (nSPS) is 10.1. The highest BCUT2D eigenvalue weighted by Gasteiger charge is 2.03. The molecule has 88 valence electrons. The van der Waals surface area contributed by atoms with E-state index in [4.69, 9.17) is 5.73 Å². The van der Waals surface area contributed by atoms with Gasteiger partial charge in [-0.2, -0.15) is 0 Å². The quantitative estimate of drug-likeness (QED) is 0.545. The van der Waals surface area contributed by atoms with Gasteiger partial charge in [-0.3, -0.25) is 10.1 Å². The number of nitrogens with two attached hydrogens (primary N) is 1. The number of nitrogens with zero attached hydrogens (tertiary/aromatic N) is 2. The molecular formula is C9H15N5O2. The fourth-order valence-corrected chi connectivity index (χ4v) is 1.22. The van der Waals surface area contributed by atoms with Crippen LogP contribution in [0.5, 0.6) is 0 Å². The van der Waals surface area contributed by atoms with E-state index in [2.05, 4.69) is 10.3 Å². The molecule has 1 heterocycles. The third kappa shape index (κ3) is 4.09. The van der Waals surface area contributed by atoms with Gasteiger partial charge in [-0.05, 0) is 0 Å². The van der Waals surface area contributed by atoms with Crippen LogP contribution in [0.2, 0.25) is 0 Å². The summed E-state index contributed by atoms with van der Waals surface area (Å²) in [5.74, 6) is 0.496. The molecule has 16 heavy (non-hydrogen) atoms. The number of imidazole rings is 1. The Labute approximate surface area is 93.0 Å². The van der Waals surface area contributed by atoms with Crippen LogP contribution in [0, 0.1) is 0 Å². The van der Waals surface area contributed by atoms with Crippen molar-refractivity contribution in [2.24, 2.45) is 12.8 Å². The molecule has 0 aliphatic carbocycles. The zero-order valence-corrected chi connectivity index (χ0v) is 9.06. The molecule has 0 radical (unpaired) electrons. The minimum absolute atomic E-state index is 0.0629. The molecule has 0 unspecified atom stereocenters. The van der Waals surface area contributed by atoms with Crippen LogP contribution in [0.15, 0.2) is 12.4 Å². The van der Waals surface area contributed by atoms with E-state index in [0.717, 1.165) is 5.82 Å². The minimum Gasteiger partial charge on any atom is -0.351 e. The van der Waals surface area contributed by atoms with Gasteiger partial charge in [-0.25, -0.2) is 9.78 Å². The van der Waals surface area contributed by atoms with E-state index < -0.39 is 11.9 Å². The molecule has 1 rings (SSSR count). The van der Waals surface area contributed by atoms with Crippen molar-refractivity contribution in [1.82, 2.24) is 20.2 Å². The summed E-state index contributed by atoms with van der Waals surface area (Å²) < 4.78 is 1.91. The van der Waals surface area contributed by atoms with Crippen molar-refractivity contribution in [3.05, 3.63) is 18.2 Å². The Balaban J connectivity index is 2.15. The van der Waals surface area contributed by atoms with Crippen LogP contribution in [0.3, 0.4) is 0 Å². The summed E-state index contributed by atoms with van der Waals surface area (Å²) in [4.78, 5) is 25.4. The smallest absolute Gasteiger partial charge is 0.318 e. The van der Waals surface area contributed by atoms with Crippen LogP contribution in [-0.2, 0) is 18.3 Å². The minimum atomic E-state index is -0.837. The van der Waals surface area contributed by atoms with Crippen LogP contribution >= 0.6 is 0 Å². The van der Waals surface area contributed by atoms with Gasteiger partial charge in [0.15, 0.2) is 0 Å². The van der Waals surface area contributed by atoms with Crippen LogP contribution < -0.4 is 16.4 Å². The number of carbonyl (C=O) groups excluding carboxylic acids is 2. The number of primary amides is 1. The first kappa shape index (κ1) is 12.2. The summed E-state index contributed by atoms with van der Waals surface area (Å²) in [5.41, 5.74) is 4.78. The summed E-state index contributed by atoms with van der Waals surface area (Å²) in [6.07, 6.45) is 4.29. The van der Waals surface area contributed by atoms with Gasteiger partial charge in [-0.15, -0.1) is 0 Å². The number of urea groups is 1. The van der Waals surface area contributed by atoms with E-state index in [1.54, 1.807) is 6.20 Å². The molecular weight excluding hydrogens is 210 g/mol. The molecule has 0 fully saturated rings. The Bertz CT molecular complexity index is 374. The first-order valence-corrected chi connectivity index (χ1v) is 4.86. The molecule has 0 spiro atoms. The van der Waals surface area contributed by atoms with Gasteiger partial charge in [0, 0.05) is 32.4 Å². The number of hydrogen-bond donors (Lipinski definition) is 3. The maximum atomic E-state index is 11.0. The predicted molar refractivity (Wildman–Crippen MR) is 57.5 cm³/mol. The maximum Gasteiger partial charge on any atom is 0.318 e. The largest absolute Gasteiger partial charge is 0.351 e. The Morgan fingerprint density at radius 3 is 2.88 bits per heavy atom. The molecule has 7 nitrogen and oxygen atoms in total. The highest BCUT2D eigenvalue weighted by Crippen LogP contribution is 1.93. The highest BCUT2D eigenvalue weighted by molar-refractivity contribution is 5.94. The summed E-state index contributed by atoms with van der Waals surface area (Å²) in [5, 5.41) is 4.85. The van der Waals surface area contributed by atoms with Gasteiger partial charge in [0.1, 0.15) is 5.82 Å². The number of rotatable bonds is 5. The standard InChI is InChI=1S/C9H15N5O2/c1-14-5-4-12-7(14)2-3-11-6-8(15)13-9(10)16/h4-5,11H,2-3,6H2,1H3,(H3,10,13,15,16). The molecule has 7 heteroatoms. The average Bonchev–Trinajstić information content (AvgIpc) is 2.58. The lowest BCUT2D eigenvalue weighted by atomic mass is 10.4. The first-order chi connectivity index (χ1) is 7.59. The van der Waals surface area contributed by atoms with E-state index in [1.807, 2.05) is 23.1 Å². The summed E-state index contributed by atoms with van der Waals surface area (Å²) in [6.45, 7) is 0.671. The molecule has 0 aliphatic rings. The molecule has 4 N–H and O–H groups in total. The average molecular weight is 225 g/mol. The number of carbonyl (C=O) groups is 2. The molecule has 0 bridgehead atoms. The summed E-state index contributed by atoms with van der Waals surface area (Å²) in [7, 11) is 1.90. The van der Waals surface area contributed by atoms with Crippen molar-refractivity contribution >= 4 is 11.9 Å². The van der Waals surface area contributed by atoms with E-state index >= 15 is 0 Å². The number of hydrogen-bond acceptors (Lipinski definition) is 4. The SMILES string of the molecule is Cn1ccnc1CCNCC(=O)NC(N)=O. The molecule has 1 aromatic heterocycles. The molecule has 0 atom stereocenters. The summed E-state index contributed by atoms with van der Waals surface area (Å²) in [6, 6.07) is -0.837. The van der Waals surface area contributed by atoms with Crippen molar-refractivity contribution in [2.45, 2.75) is 6.42 Å². The molecule has 0 saturated carbocycles. The Morgan fingerprint density at radius 2 is 2.31 bits per heavy atom. The molecule has 0 aromatic carbocycles. The number of nitrogens with one attached hydrogen (secondary N) is 2.